The van der Waals surface area contributed by atoms with Gasteiger partial charge in [-0.3, -0.25) is 4.79 Å². The maximum Gasteiger partial charge on any atom is 0.251 e. The van der Waals surface area contributed by atoms with Crippen molar-refractivity contribution in [1.29, 1.82) is 0 Å². The monoisotopic (exact) mass is 331 g/mol. The van der Waals surface area contributed by atoms with Crippen molar-refractivity contribution in [3.8, 4) is 0 Å². The van der Waals surface area contributed by atoms with Gasteiger partial charge in [-0.2, -0.15) is 0 Å². The predicted molar refractivity (Wildman–Crippen MR) is 90.5 cm³/mol. The van der Waals surface area contributed by atoms with Crippen LogP contribution in [0.5, 0.6) is 0 Å². The minimum absolute atomic E-state index is 0.0976. The summed E-state index contributed by atoms with van der Waals surface area (Å²) in [7, 11) is 0. The van der Waals surface area contributed by atoms with E-state index in [0.717, 1.165) is 11.1 Å². The minimum Gasteiger partial charge on any atom is -0.373 e. The number of rotatable bonds is 5. The zero-order valence-corrected chi connectivity index (χ0v) is 13.2. The molecule has 23 heavy (non-hydrogen) atoms. The van der Waals surface area contributed by atoms with Crippen LogP contribution in [-0.4, -0.2) is 23.8 Å². The van der Waals surface area contributed by atoms with E-state index in [2.05, 4.69) is 10.6 Å². The first-order valence-corrected chi connectivity index (χ1v) is 7.78. The molecule has 2 aromatic rings. The lowest BCUT2D eigenvalue weighted by molar-refractivity contribution is 0.0965. The molecule has 0 fully saturated rings. The van der Waals surface area contributed by atoms with E-state index < -0.39 is 6.23 Å². The Kier molecular flexibility index (Phi) is 4.52. The van der Waals surface area contributed by atoms with Crippen LogP contribution < -0.4 is 16.4 Å². The maximum atomic E-state index is 11.7. The normalized spacial score (nSPS) is 15.7. The lowest BCUT2D eigenvalue weighted by Gasteiger charge is -2.24. The Labute approximate surface area is 139 Å². The molecule has 0 spiro atoms. The number of benzene rings is 2. The van der Waals surface area contributed by atoms with E-state index in [0.29, 0.717) is 22.8 Å². The summed E-state index contributed by atoms with van der Waals surface area (Å²) in [6, 6.07) is 12.8. The zero-order chi connectivity index (χ0) is 16.4. The molecule has 1 heterocycles. The summed E-state index contributed by atoms with van der Waals surface area (Å²) in [5.74, 6) is -0.453. The number of amides is 1. The number of hydrogen-bond donors (Lipinski definition) is 4. The van der Waals surface area contributed by atoms with Crippen LogP contribution in [0.3, 0.4) is 0 Å². The van der Waals surface area contributed by atoms with Gasteiger partial charge in [-0.25, -0.2) is 0 Å². The van der Waals surface area contributed by atoms with Gasteiger partial charge < -0.3 is 21.5 Å². The number of nitrogens with two attached hydrogens (primary N) is 1. The zero-order valence-electron chi connectivity index (χ0n) is 12.4. The van der Waals surface area contributed by atoms with Crippen molar-refractivity contribution in [1.82, 2.24) is 5.32 Å². The number of aliphatic hydroxyl groups excluding tert-OH is 1. The molecule has 3 rings (SSSR count). The molecule has 1 aliphatic rings. The van der Waals surface area contributed by atoms with Gasteiger partial charge in [0.05, 0.1) is 0 Å². The Bertz CT molecular complexity index is 736. The van der Waals surface area contributed by atoms with Gasteiger partial charge in [0.15, 0.2) is 0 Å². The van der Waals surface area contributed by atoms with E-state index in [1.807, 2.05) is 30.3 Å². The Balaban J connectivity index is 1.80. The first-order valence-electron chi connectivity index (χ1n) is 7.40. The largest absolute Gasteiger partial charge is 0.373 e. The van der Waals surface area contributed by atoms with Crippen molar-refractivity contribution < 1.29 is 9.90 Å². The van der Waals surface area contributed by atoms with E-state index >= 15 is 0 Å². The van der Waals surface area contributed by atoms with E-state index in [4.69, 9.17) is 17.3 Å². The third-order valence-electron chi connectivity index (χ3n) is 4.05. The number of aliphatic hydroxyl groups is 1. The van der Waals surface area contributed by atoms with E-state index in [1.54, 1.807) is 12.1 Å². The molecule has 0 bridgehead atoms. The molecule has 5 N–H and O–H groups in total. The molecule has 6 heteroatoms. The van der Waals surface area contributed by atoms with Crippen LogP contribution in [0.2, 0.25) is 5.02 Å². The van der Waals surface area contributed by atoms with Crippen molar-refractivity contribution in [2.24, 2.45) is 5.73 Å². The summed E-state index contributed by atoms with van der Waals surface area (Å²) in [6.07, 6.45) is -0.914. The summed E-state index contributed by atoms with van der Waals surface area (Å²) in [6.45, 7) is 0.783. The second-order valence-corrected chi connectivity index (χ2v) is 5.91. The van der Waals surface area contributed by atoms with Gasteiger partial charge in [-0.15, -0.1) is 0 Å². The highest BCUT2D eigenvalue weighted by Gasteiger charge is 2.23. The smallest absolute Gasteiger partial charge is 0.251 e. The standard InChI is InChI=1S/C17H18ClN3O2/c18-15-4-2-1-3-12(15)14(8-19)17(23)21-11-6-5-10-9-20-16(22)13(10)7-11/h1-7,14,17,21,23H,8-9,19H2,(H,20,22). The molecule has 5 nitrogen and oxygen atoms in total. The van der Waals surface area contributed by atoms with Gasteiger partial charge in [0.25, 0.3) is 5.91 Å². The van der Waals surface area contributed by atoms with Gasteiger partial charge in [-0.05, 0) is 29.3 Å². The van der Waals surface area contributed by atoms with Crippen LogP contribution in [-0.2, 0) is 6.54 Å². The molecule has 0 radical (unpaired) electrons. The average molecular weight is 332 g/mol. The Morgan fingerprint density at radius 3 is 2.83 bits per heavy atom. The Morgan fingerprint density at radius 1 is 1.30 bits per heavy atom. The minimum atomic E-state index is -0.914. The van der Waals surface area contributed by atoms with Crippen LogP contribution in [0, 0.1) is 0 Å². The van der Waals surface area contributed by atoms with Crippen molar-refractivity contribution in [2.75, 3.05) is 11.9 Å². The molecule has 1 aliphatic heterocycles. The van der Waals surface area contributed by atoms with Crippen LogP contribution >= 0.6 is 11.6 Å². The molecular weight excluding hydrogens is 314 g/mol. The van der Waals surface area contributed by atoms with Crippen LogP contribution in [0.1, 0.15) is 27.4 Å². The fourth-order valence-corrected chi connectivity index (χ4v) is 3.05. The predicted octanol–water partition coefficient (Wildman–Crippen LogP) is 2.06. The number of hydrogen-bond acceptors (Lipinski definition) is 4. The van der Waals surface area contributed by atoms with Gasteiger partial charge in [-0.1, -0.05) is 35.9 Å². The number of carbonyl (C=O) groups excluding carboxylic acids is 1. The molecule has 1 amide bonds. The third kappa shape index (κ3) is 3.17. The van der Waals surface area contributed by atoms with Crippen molar-refractivity contribution in [3.63, 3.8) is 0 Å². The van der Waals surface area contributed by atoms with Crippen LogP contribution in [0.25, 0.3) is 0 Å². The Morgan fingerprint density at radius 2 is 2.09 bits per heavy atom. The van der Waals surface area contributed by atoms with Crippen molar-refractivity contribution in [3.05, 3.63) is 64.2 Å². The number of carbonyl (C=O) groups is 1. The molecule has 0 aliphatic carbocycles. The van der Waals surface area contributed by atoms with Gasteiger partial charge >= 0.3 is 0 Å². The molecule has 120 valence electrons. The maximum absolute atomic E-state index is 11.7. The third-order valence-corrected chi connectivity index (χ3v) is 4.39. The first-order chi connectivity index (χ1) is 11.1. The van der Waals surface area contributed by atoms with Crippen LogP contribution in [0.4, 0.5) is 5.69 Å². The highest BCUT2D eigenvalue weighted by molar-refractivity contribution is 6.31. The van der Waals surface area contributed by atoms with Crippen molar-refractivity contribution in [2.45, 2.75) is 18.7 Å². The Hall–Kier alpha value is -2.08. The summed E-state index contributed by atoms with van der Waals surface area (Å²) in [4.78, 5) is 11.7. The second kappa shape index (κ2) is 6.58. The molecule has 2 atom stereocenters. The summed E-state index contributed by atoms with van der Waals surface area (Å²) < 4.78 is 0. The van der Waals surface area contributed by atoms with Crippen molar-refractivity contribution >= 4 is 23.2 Å². The SMILES string of the molecule is NCC(c1ccccc1Cl)C(O)Nc1ccc2c(c1)C(=O)NC2. The number of fused-ring (bicyclic) bond motifs is 1. The lowest BCUT2D eigenvalue weighted by atomic mass is 9.97. The molecule has 0 saturated heterocycles. The van der Waals surface area contributed by atoms with E-state index in [1.165, 1.54) is 0 Å². The van der Waals surface area contributed by atoms with Crippen LogP contribution in [0.15, 0.2) is 42.5 Å². The molecule has 2 unspecified atom stereocenters. The molecular formula is C17H18ClN3O2. The highest BCUT2D eigenvalue weighted by atomic mass is 35.5. The summed E-state index contributed by atoms with van der Waals surface area (Å²) in [5, 5.41) is 16.8. The lowest BCUT2D eigenvalue weighted by Crippen LogP contribution is -2.32. The quantitative estimate of drug-likeness (QED) is 0.632. The van der Waals surface area contributed by atoms with Gasteiger partial charge in [0, 0.05) is 35.3 Å². The molecule has 0 aromatic heterocycles. The number of nitrogens with one attached hydrogen (secondary N) is 2. The fourth-order valence-electron chi connectivity index (χ4n) is 2.78. The second-order valence-electron chi connectivity index (χ2n) is 5.51. The highest BCUT2D eigenvalue weighted by Crippen LogP contribution is 2.28. The van der Waals surface area contributed by atoms with Gasteiger partial charge in [0.1, 0.15) is 6.23 Å². The first kappa shape index (κ1) is 15.8. The average Bonchev–Trinajstić information content (AvgIpc) is 2.91. The summed E-state index contributed by atoms with van der Waals surface area (Å²) in [5.41, 5.74) is 8.85. The molecule has 0 saturated carbocycles. The van der Waals surface area contributed by atoms with E-state index in [-0.39, 0.29) is 18.4 Å². The fraction of sp³-hybridized carbons (Fsp3) is 0.235. The molecule has 2 aromatic carbocycles. The number of anilines is 1. The van der Waals surface area contributed by atoms with E-state index in [9.17, 15) is 9.90 Å². The summed E-state index contributed by atoms with van der Waals surface area (Å²) >= 11 is 6.19. The topological polar surface area (TPSA) is 87.4 Å². The van der Waals surface area contributed by atoms with Gasteiger partial charge in [0.2, 0.25) is 0 Å². The number of halogens is 1.